The molecule has 4 aliphatic rings. The van der Waals surface area contributed by atoms with Crippen LogP contribution in [0.15, 0.2) is 18.2 Å². The predicted octanol–water partition coefficient (Wildman–Crippen LogP) is 2.95. The SMILES string of the molecule is Cn1c2c(c3cccc(C4CCNC4)c31)C1CCN2CC1. The normalized spacial score (nSPS) is 25.0. The molecule has 2 saturated heterocycles. The molecule has 0 spiro atoms. The standard InChI is InChI=1S/C18H23N3/c1-20-17-14(13-5-8-19-11-13)3-2-4-15(17)16-12-6-9-21(10-7-12)18(16)20/h2-4,12-13,19H,5-11H2,1H3. The van der Waals surface area contributed by atoms with Gasteiger partial charge < -0.3 is 14.8 Å². The Morgan fingerprint density at radius 1 is 1.10 bits per heavy atom. The molecule has 2 fully saturated rings. The zero-order valence-electron chi connectivity index (χ0n) is 12.7. The summed E-state index contributed by atoms with van der Waals surface area (Å²) in [5.41, 5.74) is 4.72. The van der Waals surface area contributed by atoms with Crippen molar-refractivity contribution < 1.29 is 0 Å². The highest BCUT2D eigenvalue weighted by atomic mass is 15.3. The quantitative estimate of drug-likeness (QED) is 0.867. The van der Waals surface area contributed by atoms with Gasteiger partial charge in [-0.3, -0.25) is 0 Å². The van der Waals surface area contributed by atoms with E-state index in [1.165, 1.54) is 55.6 Å². The average Bonchev–Trinajstić information content (AvgIpc) is 3.17. The first-order chi connectivity index (χ1) is 10.3. The molecular weight excluding hydrogens is 258 g/mol. The van der Waals surface area contributed by atoms with Crippen molar-refractivity contribution >= 4 is 16.7 Å². The van der Waals surface area contributed by atoms with E-state index in [9.17, 15) is 0 Å². The molecule has 1 aromatic heterocycles. The maximum absolute atomic E-state index is 3.53. The van der Waals surface area contributed by atoms with Gasteiger partial charge in [-0.05, 0) is 43.2 Å². The number of hydrogen-bond acceptors (Lipinski definition) is 2. The Balaban J connectivity index is 1.81. The summed E-state index contributed by atoms with van der Waals surface area (Å²) >= 11 is 0. The first-order valence-corrected chi connectivity index (χ1v) is 8.41. The average molecular weight is 281 g/mol. The second kappa shape index (κ2) is 4.26. The number of benzene rings is 1. The molecular formula is C18H23N3. The van der Waals surface area contributed by atoms with Gasteiger partial charge in [-0.25, -0.2) is 0 Å². The summed E-state index contributed by atoms with van der Waals surface area (Å²) in [5.74, 6) is 3.01. The molecule has 1 atom stereocenters. The summed E-state index contributed by atoms with van der Waals surface area (Å²) in [6.45, 7) is 4.81. The summed E-state index contributed by atoms with van der Waals surface area (Å²) in [6, 6.07) is 7.01. The second-order valence-corrected chi connectivity index (χ2v) is 6.99. The Labute approximate surface area is 125 Å². The molecule has 2 aromatic rings. The van der Waals surface area contributed by atoms with E-state index in [4.69, 9.17) is 0 Å². The Hall–Kier alpha value is -1.48. The van der Waals surface area contributed by atoms with Crippen molar-refractivity contribution in [2.75, 3.05) is 31.1 Å². The molecule has 0 saturated carbocycles. The fourth-order valence-electron chi connectivity index (χ4n) is 4.97. The molecule has 21 heavy (non-hydrogen) atoms. The molecule has 2 bridgehead atoms. The van der Waals surface area contributed by atoms with Gasteiger partial charge in [0, 0.05) is 37.6 Å². The topological polar surface area (TPSA) is 20.2 Å². The molecule has 0 radical (unpaired) electrons. The Morgan fingerprint density at radius 3 is 2.71 bits per heavy atom. The van der Waals surface area contributed by atoms with Gasteiger partial charge in [-0.1, -0.05) is 18.2 Å². The number of para-hydroxylation sites is 1. The van der Waals surface area contributed by atoms with Crippen molar-refractivity contribution in [3.63, 3.8) is 0 Å². The Morgan fingerprint density at radius 2 is 1.95 bits per heavy atom. The molecule has 0 amide bonds. The largest absolute Gasteiger partial charge is 0.358 e. The van der Waals surface area contributed by atoms with Crippen molar-refractivity contribution in [2.24, 2.45) is 7.05 Å². The van der Waals surface area contributed by atoms with E-state index in [0.29, 0.717) is 5.92 Å². The molecule has 0 aliphatic carbocycles. The molecule has 3 nitrogen and oxygen atoms in total. The van der Waals surface area contributed by atoms with Crippen LogP contribution in [-0.2, 0) is 7.05 Å². The summed E-state index contributed by atoms with van der Waals surface area (Å²) in [6.07, 6.45) is 3.98. The number of piperidine rings is 1. The monoisotopic (exact) mass is 281 g/mol. The second-order valence-electron chi connectivity index (χ2n) is 6.99. The van der Waals surface area contributed by atoms with Crippen molar-refractivity contribution in [1.82, 2.24) is 9.88 Å². The van der Waals surface area contributed by atoms with Gasteiger partial charge in [-0.2, -0.15) is 0 Å². The number of fused-ring (bicyclic) bond motifs is 3. The van der Waals surface area contributed by atoms with E-state index in [2.05, 4.69) is 40.0 Å². The lowest BCUT2D eigenvalue weighted by Gasteiger charge is -2.41. The molecule has 1 N–H and O–H groups in total. The highest BCUT2D eigenvalue weighted by Crippen LogP contribution is 2.48. The van der Waals surface area contributed by atoms with Crippen LogP contribution in [0.4, 0.5) is 5.82 Å². The van der Waals surface area contributed by atoms with Crippen LogP contribution in [0.2, 0.25) is 0 Å². The lowest BCUT2D eigenvalue weighted by Crippen LogP contribution is -2.39. The number of hydrogen-bond donors (Lipinski definition) is 1. The van der Waals surface area contributed by atoms with E-state index in [1.54, 1.807) is 11.1 Å². The van der Waals surface area contributed by atoms with Crippen molar-refractivity contribution in [3.8, 4) is 0 Å². The van der Waals surface area contributed by atoms with Crippen LogP contribution in [0.3, 0.4) is 0 Å². The number of aryl methyl sites for hydroxylation is 1. The Bertz CT molecular complexity index is 701. The maximum atomic E-state index is 3.53. The summed E-state index contributed by atoms with van der Waals surface area (Å²) in [5, 5.41) is 5.06. The minimum absolute atomic E-state index is 0.691. The van der Waals surface area contributed by atoms with Crippen molar-refractivity contribution in [2.45, 2.75) is 31.1 Å². The molecule has 1 unspecified atom stereocenters. The minimum atomic E-state index is 0.691. The number of aromatic nitrogens is 1. The van der Waals surface area contributed by atoms with E-state index >= 15 is 0 Å². The van der Waals surface area contributed by atoms with E-state index in [1.807, 2.05) is 0 Å². The number of anilines is 1. The van der Waals surface area contributed by atoms with Gasteiger partial charge in [0.25, 0.3) is 0 Å². The van der Waals surface area contributed by atoms with Gasteiger partial charge in [0.2, 0.25) is 0 Å². The smallest absolute Gasteiger partial charge is 0.112 e. The number of rotatable bonds is 1. The third-order valence-electron chi connectivity index (χ3n) is 5.95. The van der Waals surface area contributed by atoms with Crippen molar-refractivity contribution in [3.05, 3.63) is 29.3 Å². The molecule has 3 heteroatoms. The van der Waals surface area contributed by atoms with Crippen LogP contribution in [0.25, 0.3) is 10.9 Å². The number of nitrogens with zero attached hydrogens (tertiary/aromatic N) is 2. The van der Waals surface area contributed by atoms with Crippen LogP contribution in [0.1, 0.15) is 42.2 Å². The first kappa shape index (κ1) is 12.1. The molecule has 5 heterocycles. The van der Waals surface area contributed by atoms with E-state index < -0.39 is 0 Å². The van der Waals surface area contributed by atoms with Gasteiger partial charge in [0.15, 0.2) is 0 Å². The van der Waals surface area contributed by atoms with Gasteiger partial charge in [0.05, 0.1) is 5.52 Å². The number of nitrogens with one attached hydrogen (secondary N) is 1. The maximum Gasteiger partial charge on any atom is 0.112 e. The fourth-order valence-corrected chi connectivity index (χ4v) is 4.97. The van der Waals surface area contributed by atoms with E-state index in [-0.39, 0.29) is 0 Å². The predicted molar refractivity (Wildman–Crippen MR) is 87.3 cm³/mol. The third-order valence-corrected chi connectivity index (χ3v) is 5.95. The van der Waals surface area contributed by atoms with Crippen LogP contribution in [-0.4, -0.2) is 30.7 Å². The molecule has 110 valence electrons. The van der Waals surface area contributed by atoms with Crippen molar-refractivity contribution in [1.29, 1.82) is 0 Å². The Kier molecular flexibility index (Phi) is 2.46. The third kappa shape index (κ3) is 1.53. The fraction of sp³-hybridized carbons (Fsp3) is 0.556. The summed E-state index contributed by atoms with van der Waals surface area (Å²) in [4.78, 5) is 2.62. The zero-order valence-corrected chi connectivity index (χ0v) is 12.7. The highest BCUT2D eigenvalue weighted by Gasteiger charge is 2.36. The summed E-state index contributed by atoms with van der Waals surface area (Å²) in [7, 11) is 2.29. The van der Waals surface area contributed by atoms with Gasteiger partial charge in [0.1, 0.15) is 5.82 Å². The zero-order chi connectivity index (χ0) is 14.0. The highest BCUT2D eigenvalue weighted by molar-refractivity contribution is 5.94. The van der Waals surface area contributed by atoms with Gasteiger partial charge >= 0.3 is 0 Å². The lowest BCUT2D eigenvalue weighted by atomic mass is 9.83. The molecule has 4 aliphatic heterocycles. The molecule has 6 rings (SSSR count). The molecule has 1 aromatic carbocycles. The van der Waals surface area contributed by atoms with Crippen LogP contribution in [0.5, 0.6) is 0 Å². The van der Waals surface area contributed by atoms with Crippen LogP contribution < -0.4 is 10.2 Å². The van der Waals surface area contributed by atoms with Gasteiger partial charge in [-0.15, -0.1) is 0 Å². The summed E-state index contributed by atoms with van der Waals surface area (Å²) < 4.78 is 2.50. The van der Waals surface area contributed by atoms with Crippen LogP contribution in [0, 0.1) is 0 Å². The first-order valence-electron chi connectivity index (χ1n) is 8.41. The van der Waals surface area contributed by atoms with E-state index in [0.717, 1.165) is 12.5 Å². The lowest BCUT2D eigenvalue weighted by molar-refractivity contribution is 0.469. The minimum Gasteiger partial charge on any atom is -0.358 e. The van der Waals surface area contributed by atoms with Crippen LogP contribution >= 0.6 is 0 Å².